The van der Waals surface area contributed by atoms with Gasteiger partial charge in [-0.2, -0.15) is 5.10 Å². The topological polar surface area (TPSA) is 90.3 Å². The lowest BCUT2D eigenvalue weighted by Crippen LogP contribution is -2.31. The summed E-state index contributed by atoms with van der Waals surface area (Å²) in [7, 11) is -3.77. The fraction of sp³-hybridized carbons (Fsp3) is 0.286. The monoisotopic (exact) mass is 401 g/mol. The minimum absolute atomic E-state index is 0.0390. The number of nitrogens with one attached hydrogen (secondary N) is 1. The van der Waals surface area contributed by atoms with E-state index >= 15 is 0 Å². The minimum atomic E-state index is -3.77. The Morgan fingerprint density at radius 3 is 2.83 bits per heavy atom. The van der Waals surface area contributed by atoms with Crippen LogP contribution in [0.3, 0.4) is 0 Å². The lowest BCUT2D eigenvalue weighted by atomic mass is 10.3. The Bertz CT molecular complexity index is 836. The number of benzene rings is 1. The van der Waals surface area contributed by atoms with E-state index in [9.17, 15) is 13.2 Å². The van der Waals surface area contributed by atoms with E-state index in [1.165, 1.54) is 29.1 Å². The summed E-state index contributed by atoms with van der Waals surface area (Å²) in [6.07, 6.45) is 1.47. The molecule has 0 spiro atoms. The first-order chi connectivity index (χ1) is 10.9. The van der Waals surface area contributed by atoms with Crippen LogP contribution in [0.1, 0.15) is 6.92 Å². The van der Waals surface area contributed by atoms with Crippen LogP contribution in [0.4, 0.5) is 0 Å². The Kier molecular flexibility index (Phi) is 5.91. The lowest BCUT2D eigenvalue weighted by Gasteiger charge is -2.12. The molecule has 2 rings (SSSR count). The number of sulfonamides is 1. The second-order valence-corrected chi connectivity index (χ2v) is 7.16. The summed E-state index contributed by atoms with van der Waals surface area (Å²) in [5, 5.41) is 3.87. The molecule has 0 unspecified atom stereocenters. The van der Waals surface area contributed by atoms with Crippen molar-refractivity contribution in [3.05, 3.63) is 51.4 Å². The molecular formula is C14H16BrN3O4S. The summed E-state index contributed by atoms with van der Waals surface area (Å²) in [6.45, 7) is 2.31. The summed E-state index contributed by atoms with van der Waals surface area (Å²) in [4.78, 5) is 11.6. The molecule has 0 aliphatic rings. The Morgan fingerprint density at radius 2 is 2.13 bits per heavy atom. The average Bonchev–Trinajstić information content (AvgIpc) is 2.51. The normalized spacial score (nSPS) is 11.4. The van der Waals surface area contributed by atoms with E-state index in [4.69, 9.17) is 4.74 Å². The van der Waals surface area contributed by atoms with Crippen LogP contribution in [0, 0.1) is 0 Å². The molecule has 1 heterocycles. The molecular weight excluding hydrogens is 386 g/mol. The van der Waals surface area contributed by atoms with E-state index in [1.807, 2.05) is 0 Å². The molecule has 7 nitrogen and oxygen atoms in total. The molecule has 2 aromatic rings. The number of halogens is 1. The van der Waals surface area contributed by atoms with Gasteiger partial charge in [0.1, 0.15) is 10.6 Å². The quantitative estimate of drug-likeness (QED) is 0.756. The fourth-order valence-corrected chi connectivity index (χ4v) is 3.59. The second-order valence-electron chi connectivity index (χ2n) is 4.51. The van der Waals surface area contributed by atoms with Crippen molar-refractivity contribution in [2.75, 3.05) is 13.2 Å². The van der Waals surface area contributed by atoms with Crippen LogP contribution in [-0.4, -0.2) is 31.3 Å². The van der Waals surface area contributed by atoms with Crippen LogP contribution in [0.2, 0.25) is 0 Å². The lowest BCUT2D eigenvalue weighted by molar-refractivity contribution is 0.331. The summed E-state index contributed by atoms with van der Waals surface area (Å²) in [5.41, 5.74) is -0.288. The van der Waals surface area contributed by atoms with Crippen LogP contribution in [-0.2, 0) is 16.6 Å². The molecule has 0 radical (unpaired) electrons. The van der Waals surface area contributed by atoms with Gasteiger partial charge in [-0.1, -0.05) is 15.9 Å². The van der Waals surface area contributed by atoms with E-state index in [0.29, 0.717) is 11.1 Å². The maximum absolute atomic E-state index is 12.4. The first kappa shape index (κ1) is 17.6. The van der Waals surface area contributed by atoms with Crippen LogP contribution in [0.15, 0.2) is 50.7 Å². The van der Waals surface area contributed by atoms with Gasteiger partial charge in [0.2, 0.25) is 10.0 Å². The molecule has 0 amide bonds. The van der Waals surface area contributed by atoms with Gasteiger partial charge in [-0.3, -0.25) is 4.79 Å². The molecule has 0 atom stereocenters. The van der Waals surface area contributed by atoms with Gasteiger partial charge in [-0.15, -0.1) is 0 Å². The molecule has 124 valence electrons. The highest BCUT2D eigenvalue weighted by atomic mass is 79.9. The summed E-state index contributed by atoms with van der Waals surface area (Å²) < 4.78 is 34.5. The Hall–Kier alpha value is -1.71. The zero-order chi connectivity index (χ0) is 16.9. The predicted octanol–water partition coefficient (Wildman–Crippen LogP) is 1.38. The molecule has 0 bridgehead atoms. The number of aromatic nitrogens is 2. The molecule has 1 N–H and O–H groups in total. The van der Waals surface area contributed by atoms with E-state index in [0.717, 1.165) is 0 Å². The first-order valence-electron chi connectivity index (χ1n) is 6.88. The molecule has 1 aromatic carbocycles. The van der Waals surface area contributed by atoms with Crippen molar-refractivity contribution < 1.29 is 13.2 Å². The van der Waals surface area contributed by atoms with Gasteiger partial charge in [0.15, 0.2) is 0 Å². The van der Waals surface area contributed by atoms with Crippen molar-refractivity contribution in [3.63, 3.8) is 0 Å². The number of nitrogens with zero attached hydrogens (tertiary/aromatic N) is 2. The molecule has 9 heteroatoms. The Morgan fingerprint density at radius 1 is 1.35 bits per heavy atom. The van der Waals surface area contributed by atoms with Crippen LogP contribution < -0.4 is 15.0 Å². The van der Waals surface area contributed by atoms with Gasteiger partial charge < -0.3 is 4.74 Å². The smallest absolute Gasteiger partial charge is 0.266 e. The Balaban J connectivity index is 2.14. The standard InChI is InChI=1S/C14H16BrN3O4S/c1-2-22-12-6-5-11(15)10-13(12)23(20,21)17-8-9-18-14(19)4-3-7-16-18/h3-7,10,17H,2,8-9H2,1H3. The fourth-order valence-electron chi connectivity index (χ4n) is 1.89. The third kappa shape index (κ3) is 4.63. The molecule has 23 heavy (non-hydrogen) atoms. The SMILES string of the molecule is CCOc1ccc(Br)cc1S(=O)(=O)NCCn1ncccc1=O. The zero-order valence-electron chi connectivity index (χ0n) is 12.4. The van der Waals surface area contributed by atoms with Crippen LogP contribution in [0.25, 0.3) is 0 Å². The van der Waals surface area contributed by atoms with Crippen molar-refractivity contribution in [3.8, 4) is 5.75 Å². The van der Waals surface area contributed by atoms with Crippen LogP contribution in [0.5, 0.6) is 5.75 Å². The third-order valence-electron chi connectivity index (χ3n) is 2.90. The average molecular weight is 402 g/mol. The van der Waals surface area contributed by atoms with E-state index in [-0.39, 0.29) is 29.3 Å². The summed E-state index contributed by atoms with van der Waals surface area (Å²) in [6, 6.07) is 7.66. The highest BCUT2D eigenvalue weighted by molar-refractivity contribution is 9.10. The highest BCUT2D eigenvalue weighted by Crippen LogP contribution is 2.27. The third-order valence-corrected chi connectivity index (χ3v) is 4.87. The number of rotatable bonds is 7. The van der Waals surface area contributed by atoms with Crippen molar-refractivity contribution in [2.45, 2.75) is 18.4 Å². The van der Waals surface area contributed by atoms with E-state index in [1.54, 1.807) is 19.1 Å². The number of ether oxygens (including phenoxy) is 1. The van der Waals surface area contributed by atoms with Crippen molar-refractivity contribution >= 4 is 26.0 Å². The van der Waals surface area contributed by atoms with Gasteiger partial charge >= 0.3 is 0 Å². The Labute approximate surface area is 142 Å². The summed E-state index contributed by atoms with van der Waals surface area (Å²) in [5.74, 6) is 0.276. The number of hydrogen-bond donors (Lipinski definition) is 1. The molecule has 0 saturated heterocycles. The summed E-state index contributed by atoms with van der Waals surface area (Å²) >= 11 is 3.25. The van der Waals surface area contributed by atoms with Crippen molar-refractivity contribution in [1.29, 1.82) is 0 Å². The number of hydrogen-bond acceptors (Lipinski definition) is 5. The zero-order valence-corrected chi connectivity index (χ0v) is 14.8. The highest BCUT2D eigenvalue weighted by Gasteiger charge is 2.19. The van der Waals surface area contributed by atoms with E-state index < -0.39 is 10.0 Å². The minimum Gasteiger partial charge on any atom is -0.492 e. The van der Waals surface area contributed by atoms with Gasteiger partial charge in [0.05, 0.1) is 13.2 Å². The molecule has 0 saturated carbocycles. The molecule has 0 aliphatic heterocycles. The van der Waals surface area contributed by atoms with E-state index in [2.05, 4.69) is 25.8 Å². The maximum Gasteiger partial charge on any atom is 0.266 e. The van der Waals surface area contributed by atoms with Gasteiger partial charge in [-0.25, -0.2) is 17.8 Å². The molecule has 0 fully saturated rings. The predicted molar refractivity (Wildman–Crippen MR) is 89.0 cm³/mol. The first-order valence-corrected chi connectivity index (χ1v) is 9.16. The van der Waals surface area contributed by atoms with Gasteiger partial charge in [0.25, 0.3) is 5.56 Å². The van der Waals surface area contributed by atoms with Gasteiger partial charge in [0, 0.05) is 23.3 Å². The van der Waals surface area contributed by atoms with Gasteiger partial charge in [-0.05, 0) is 31.2 Å². The second kappa shape index (κ2) is 7.71. The molecule has 0 aliphatic carbocycles. The maximum atomic E-state index is 12.4. The molecule has 1 aromatic heterocycles. The van der Waals surface area contributed by atoms with Crippen LogP contribution >= 0.6 is 15.9 Å². The van der Waals surface area contributed by atoms with Crippen molar-refractivity contribution in [1.82, 2.24) is 14.5 Å². The largest absolute Gasteiger partial charge is 0.492 e. The van der Waals surface area contributed by atoms with Crippen molar-refractivity contribution in [2.24, 2.45) is 0 Å².